The number of rotatable bonds is 5. The Morgan fingerprint density at radius 1 is 1.43 bits per heavy atom. The molecule has 2 N–H and O–H groups in total. The Morgan fingerprint density at radius 3 is 2.90 bits per heavy atom. The second-order valence-corrected chi connectivity index (χ2v) is 6.04. The molecule has 5 nitrogen and oxygen atoms in total. The van der Waals surface area contributed by atoms with Gasteiger partial charge in [0.15, 0.2) is 0 Å². The molecule has 1 aromatic rings. The van der Waals surface area contributed by atoms with Crippen molar-refractivity contribution in [3.05, 3.63) is 28.2 Å². The number of hydrogen-bond donors (Lipinski definition) is 2. The van der Waals surface area contributed by atoms with Gasteiger partial charge in [0.1, 0.15) is 0 Å². The third-order valence-corrected chi connectivity index (χ3v) is 4.35. The Balaban J connectivity index is 1.67. The molecule has 1 aliphatic heterocycles. The van der Waals surface area contributed by atoms with Gasteiger partial charge in [-0.2, -0.15) is 0 Å². The van der Waals surface area contributed by atoms with Crippen LogP contribution in [0.1, 0.15) is 24.8 Å². The van der Waals surface area contributed by atoms with Crippen LogP contribution in [-0.4, -0.2) is 36.5 Å². The Morgan fingerprint density at radius 2 is 2.24 bits per heavy atom. The largest absolute Gasteiger partial charge is 0.343 e. The monoisotopic (exact) mass is 353 g/mol. The summed E-state index contributed by atoms with van der Waals surface area (Å²) in [5.41, 5.74) is 1.87. The van der Waals surface area contributed by atoms with Gasteiger partial charge in [-0.3, -0.25) is 4.79 Å². The molecule has 21 heavy (non-hydrogen) atoms. The molecule has 3 amide bonds. The number of likely N-dealkylation sites (tertiary alicyclic amines) is 1. The van der Waals surface area contributed by atoms with Crippen molar-refractivity contribution >= 4 is 33.6 Å². The van der Waals surface area contributed by atoms with Crippen molar-refractivity contribution < 1.29 is 9.59 Å². The summed E-state index contributed by atoms with van der Waals surface area (Å²) in [7, 11) is 0. The first kappa shape index (κ1) is 15.8. The lowest BCUT2D eigenvalue weighted by Gasteiger charge is -2.15. The molecule has 1 fully saturated rings. The first-order valence-corrected chi connectivity index (χ1v) is 7.94. The van der Waals surface area contributed by atoms with Crippen molar-refractivity contribution in [1.82, 2.24) is 10.2 Å². The number of nitrogens with zero attached hydrogens (tertiary/aromatic N) is 1. The van der Waals surface area contributed by atoms with E-state index >= 15 is 0 Å². The molecular formula is C15H20BrN3O2. The number of urea groups is 1. The lowest BCUT2D eigenvalue weighted by atomic mass is 10.2. The molecule has 0 radical (unpaired) electrons. The highest BCUT2D eigenvalue weighted by molar-refractivity contribution is 9.10. The second-order valence-electron chi connectivity index (χ2n) is 5.18. The zero-order chi connectivity index (χ0) is 15.2. The minimum Gasteiger partial charge on any atom is -0.343 e. The topological polar surface area (TPSA) is 61.4 Å². The van der Waals surface area contributed by atoms with E-state index in [1.807, 2.05) is 30.0 Å². The van der Waals surface area contributed by atoms with Crippen LogP contribution in [-0.2, 0) is 4.79 Å². The molecule has 6 heteroatoms. The van der Waals surface area contributed by atoms with Gasteiger partial charge in [-0.25, -0.2) is 4.79 Å². The summed E-state index contributed by atoms with van der Waals surface area (Å²) in [6.07, 6.45) is 2.39. The summed E-state index contributed by atoms with van der Waals surface area (Å²) in [4.78, 5) is 25.0. The molecule has 0 aliphatic carbocycles. The van der Waals surface area contributed by atoms with E-state index in [2.05, 4.69) is 26.6 Å². The average Bonchev–Trinajstić information content (AvgIpc) is 2.85. The Hall–Kier alpha value is -1.56. The van der Waals surface area contributed by atoms with Crippen LogP contribution in [0.3, 0.4) is 0 Å². The van der Waals surface area contributed by atoms with E-state index in [0.29, 0.717) is 13.0 Å². The molecule has 0 saturated carbocycles. The molecule has 1 heterocycles. The van der Waals surface area contributed by atoms with E-state index in [1.165, 1.54) is 0 Å². The second kappa shape index (κ2) is 7.45. The Bertz CT molecular complexity index is 534. The maximum absolute atomic E-state index is 11.8. The number of halogens is 1. The maximum atomic E-state index is 11.8. The number of benzene rings is 1. The number of anilines is 1. The lowest BCUT2D eigenvalue weighted by Crippen LogP contribution is -2.33. The molecule has 0 atom stereocenters. The molecule has 0 spiro atoms. The van der Waals surface area contributed by atoms with Crippen LogP contribution in [0.5, 0.6) is 0 Å². The van der Waals surface area contributed by atoms with E-state index in [0.717, 1.165) is 41.7 Å². The fourth-order valence-corrected chi connectivity index (χ4v) is 2.64. The summed E-state index contributed by atoms with van der Waals surface area (Å²) >= 11 is 3.43. The molecule has 0 unspecified atom stereocenters. The zero-order valence-corrected chi connectivity index (χ0v) is 13.7. The number of carbonyl (C=O) groups is 2. The SMILES string of the molecule is Cc1ccc(NC(=O)NCCCN2CCCC2=O)cc1Br. The summed E-state index contributed by atoms with van der Waals surface area (Å²) in [6, 6.07) is 5.46. The minimum absolute atomic E-state index is 0.224. The first-order valence-electron chi connectivity index (χ1n) is 7.15. The fourth-order valence-electron chi connectivity index (χ4n) is 2.26. The van der Waals surface area contributed by atoms with Gasteiger partial charge in [0.25, 0.3) is 0 Å². The van der Waals surface area contributed by atoms with Crippen LogP contribution in [0.4, 0.5) is 10.5 Å². The highest BCUT2D eigenvalue weighted by atomic mass is 79.9. The van der Waals surface area contributed by atoms with Crippen LogP contribution in [0.2, 0.25) is 0 Å². The molecule has 0 bridgehead atoms. The first-order chi connectivity index (χ1) is 10.1. The standard InChI is InChI=1S/C15H20BrN3O2/c1-11-5-6-12(10-13(11)16)18-15(21)17-7-3-9-19-8-2-4-14(19)20/h5-6,10H,2-4,7-9H2,1H3,(H2,17,18,21). The summed E-state index contributed by atoms with van der Waals surface area (Å²) in [5, 5.41) is 5.59. The van der Waals surface area contributed by atoms with Crippen LogP contribution in [0.15, 0.2) is 22.7 Å². The minimum atomic E-state index is -0.224. The molecule has 0 aromatic heterocycles. The predicted molar refractivity (Wildman–Crippen MR) is 86.3 cm³/mol. The van der Waals surface area contributed by atoms with Crippen molar-refractivity contribution in [3.8, 4) is 0 Å². The predicted octanol–water partition coefficient (Wildman–Crippen LogP) is 2.89. The summed E-state index contributed by atoms with van der Waals surface area (Å²) in [6.45, 7) is 4.12. The number of nitrogens with one attached hydrogen (secondary N) is 2. The average molecular weight is 354 g/mol. The van der Waals surface area contributed by atoms with Crippen molar-refractivity contribution in [3.63, 3.8) is 0 Å². The van der Waals surface area contributed by atoms with E-state index in [9.17, 15) is 9.59 Å². The van der Waals surface area contributed by atoms with E-state index < -0.39 is 0 Å². The van der Waals surface area contributed by atoms with Crippen molar-refractivity contribution in [1.29, 1.82) is 0 Å². The van der Waals surface area contributed by atoms with Crippen molar-refractivity contribution in [2.24, 2.45) is 0 Å². The molecular weight excluding hydrogens is 334 g/mol. The smallest absolute Gasteiger partial charge is 0.319 e. The normalized spacial score (nSPS) is 14.4. The number of amides is 3. The highest BCUT2D eigenvalue weighted by Gasteiger charge is 2.18. The van der Waals surface area contributed by atoms with Crippen molar-refractivity contribution in [2.45, 2.75) is 26.2 Å². The van der Waals surface area contributed by atoms with Gasteiger partial charge in [0.05, 0.1) is 0 Å². The summed E-state index contributed by atoms with van der Waals surface area (Å²) in [5.74, 6) is 0.226. The Labute approximate surface area is 133 Å². The van der Waals surface area contributed by atoms with Gasteiger partial charge in [0, 0.05) is 36.2 Å². The van der Waals surface area contributed by atoms with Crippen LogP contribution >= 0.6 is 15.9 Å². The molecule has 1 saturated heterocycles. The van der Waals surface area contributed by atoms with Crippen LogP contribution < -0.4 is 10.6 Å². The molecule has 114 valence electrons. The Kier molecular flexibility index (Phi) is 5.61. The van der Waals surface area contributed by atoms with Crippen molar-refractivity contribution in [2.75, 3.05) is 25.0 Å². The zero-order valence-electron chi connectivity index (χ0n) is 12.1. The van der Waals surface area contributed by atoms with Gasteiger partial charge in [-0.15, -0.1) is 0 Å². The van der Waals surface area contributed by atoms with Gasteiger partial charge < -0.3 is 15.5 Å². The molecule has 2 rings (SSSR count). The van der Waals surface area contributed by atoms with E-state index in [4.69, 9.17) is 0 Å². The van der Waals surface area contributed by atoms with Gasteiger partial charge in [0.2, 0.25) is 5.91 Å². The highest BCUT2D eigenvalue weighted by Crippen LogP contribution is 2.20. The molecule has 1 aromatic carbocycles. The quantitative estimate of drug-likeness (QED) is 0.799. The van der Waals surface area contributed by atoms with Gasteiger partial charge in [-0.05, 0) is 37.5 Å². The van der Waals surface area contributed by atoms with Crippen LogP contribution in [0, 0.1) is 6.92 Å². The van der Waals surface area contributed by atoms with E-state index in [1.54, 1.807) is 0 Å². The third kappa shape index (κ3) is 4.74. The van der Waals surface area contributed by atoms with Gasteiger partial charge in [-0.1, -0.05) is 22.0 Å². The van der Waals surface area contributed by atoms with Gasteiger partial charge >= 0.3 is 6.03 Å². The fraction of sp³-hybridized carbons (Fsp3) is 0.467. The maximum Gasteiger partial charge on any atom is 0.319 e. The number of aryl methyl sites for hydroxylation is 1. The van der Waals surface area contributed by atoms with Crippen LogP contribution in [0.25, 0.3) is 0 Å². The summed E-state index contributed by atoms with van der Waals surface area (Å²) < 4.78 is 0.966. The third-order valence-electron chi connectivity index (χ3n) is 3.49. The van der Waals surface area contributed by atoms with E-state index in [-0.39, 0.29) is 11.9 Å². The number of carbonyl (C=O) groups excluding carboxylic acids is 2. The molecule has 1 aliphatic rings. The lowest BCUT2D eigenvalue weighted by molar-refractivity contribution is -0.127. The number of hydrogen-bond acceptors (Lipinski definition) is 2.